The molecule has 0 bridgehead atoms. The molecule has 0 spiro atoms. The van der Waals surface area contributed by atoms with Crippen LogP contribution in [-0.2, 0) is 4.79 Å². The molecule has 0 aliphatic rings. The summed E-state index contributed by atoms with van der Waals surface area (Å²) in [6.07, 6.45) is 0.684. The van der Waals surface area contributed by atoms with E-state index in [4.69, 9.17) is 4.74 Å². The Morgan fingerprint density at radius 3 is 2.22 bits per heavy atom. The highest BCUT2D eigenvalue weighted by atomic mass is 32.2. The van der Waals surface area contributed by atoms with Crippen molar-refractivity contribution in [3.63, 3.8) is 0 Å². The van der Waals surface area contributed by atoms with Gasteiger partial charge in [0.1, 0.15) is 5.75 Å². The molecule has 2 amide bonds. The molecule has 1 unspecified atom stereocenters. The predicted octanol–water partition coefficient (Wildman–Crippen LogP) is 6.07. The average Bonchev–Trinajstić information content (AvgIpc) is 2.77. The zero-order valence-electron chi connectivity index (χ0n) is 18.8. The van der Waals surface area contributed by atoms with E-state index in [-0.39, 0.29) is 17.1 Å². The highest BCUT2D eigenvalue weighted by Crippen LogP contribution is 2.29. The number of hydrogen-bond donors (Lipinski definition) is 2. The summed E-state index contributed by atoms with van der Waals surface area (Å²) >= 11 is 1.49. The second-order valence-electron chi connectivity index (χ2n) is 7.59. The number of aryl methyl sites for hydroxylation is 2. The van der Waals surface area contributed by atoms with Crippen LogP contribution in [-0.4, -0.2) is 24.2 Å². The van der Waals surface area contributed by atoms with Crippen LogP contribution in [0.25, 0.3) is 0 Å². The maximum absolute atomic E-state index is 12.9. The second-order valence-corrected chi connectivity index (χ2v) is 8.87. The number of rotatable bonds is 8. The molecule has 32 heavy (non-hydrogen) atoms. The number of carbonyl (C=O) groups excluding carboxylic acids is 2. The Morgan fingerprint density at radius 1 is 0.906 bits per heavy atom. The fourth-order valence-corrected chi connectivity index (χ4v) is 4.36. The molecule has 5 nitrogen and oxygen atoms in total. The van der Waals surface area contributed by atoms with E-state index in [1.807, 2.05) is 57.2 Å². The Bertz CT molecular complexity index is 1080. The third-order valence-electron chi connectivity index (χ3n) is 4.87. The zero-order chi connectivity index (χ0) is 23.1. The van der Waals surface area contributed by atoms with Gasteiger partial charge < -0.3 is 15.4 Å². The number of benzene rings is 3. The topological polar surface area (TPSA) is 67.4 Å². The first-order valence-electron chi connectivity index (χ1n) is 10.5. The van der Waals surface area contributed by atoms with Gasteiger partial charge in [-0.15, -0.1) is 11.8 Å². The van der Waals surface area contributed by atoms with Crippen molar-refractivity contribution in [1.82, 2.24) is 0 Å². The van der Waals surface area contributed by atoms with Crippen LogP contribution in [0.5, 0.6) is 5.75 Å². The normalized spacial score (nSPS) is 11.5. The summed E-state index contributed by atoms with van der Waals surface area (Å²) in [5.41, 5.74) is 4.26. The van der Waals surface area contributed by atoms with Crippen LogP contribution in [0.2, 0.25) is 0 Å². The van der Waals surface area contributed by atoms with Crippen molar-refractivity contribution in [3.8, 4) is 5.75 Å². The minimum Gasteiger partial charge on any atom is -0.497 e. The van der Waals surface area contributed by atoms with Crippen molar-refractivity contribution in [1.29, 1.82) is 0 Å². The van der Waals surface area contributed by atoms with Crippen molar-refractivity contribution < 1.29 is 14.3 Å². The Balaban J connectivity index is 1.66. The van der Waals surface area contributed by atoms with E-state index in [1.54, 1.807) is 31.4 Å². The van der Waals surface area contributed by atoms with Crippen molar-refractivity contribution in [2.45, 2.75) is 37.3 Å². The number of nitrogens with one attached hydrogen (secondary N) is 2. The molecule has 1 atom stereocenters. The molecule has 0 aromatic heterocycles. The van der Waals surface area contributed by atoms with Crippen LogP contribution in [0.1, 0.15) is 34.8 Å². The highest BCUT2D eigenvalue weighted by Gasteiger charge is 2.19. The molecule has 166 valence electrons. The van der Waals surface area contributed by atoms with Crippen LogP contribution in [0, 0.1) is 13.8 Å². The minimum absolute atomic E-state index is 0.0322. The van der Waals surface area contributed by atoms with Gasteiger partial charge in [-0.25, -0.2) is 0 Å². The predicted molar refractivity (Wildman–Crippen MR) is 132 cm³/mol. The number of thioether (sulfide) groups is 1. The summed E-state index contributed by atoms with van der Waals surface area (Å²) in [4.78, 5) is 26.3. The maximum atomic E-state index is 12.9. The van der Waals surface area contributed by atoms with E-state index < -0.39 is 0 Å². The number of ether oxygens (including phenoxy) is 1. The summed E-state index contributed by atoms with van der Waals surface area (Å²) in [7, 11) is 1.59. The van der Waals surface area contributed by atoms with Crippen molar-refractivity contribution in [3.05, 3.63) is 83.4 Å². The van der Waals surface area contributed by atoms with Gasteiger partial charge in [0.05, 0.1) is 12.4 Å². The zero-order valence-corrected chi connectivity index (χ0v) is 19.6. The van der Waals surface area contributed by atoms with E-state index in [2.05, 4.69) is 16.7 Å². The molecule has 0 saturated heterocycles. The molecule has 0 fully saturated rings. The fraction of sp³-hybridized carbons (Fsp3) is 0.231. The van der Waals surface area contributed by atoms with Crippen molar-refractivity contribution in [2.24, 2.45) is 0 Å². The van der Waals surface area contributed by atoms with Crippen molar-refractivity contribution >= 4 is 35.0 Å². The molecule has 3 aromatic rings. The number of methoxy groups -OCH3 is 1. The van der Waals surface area contributed by atoms with E-state index in [9.17, 15) is 9.59 Å². The van der Waals surface area contributed by atoms with Gasteiger partial charge >= 0.3 is 0 Å². The monoisotopic (exact) mass is 448 g/mol. The molecule has 0 aliphatic heterocycles. The molecule has 0 aliphatic carbocycles. The summed E-state index contributed by atoms with van der Waals surface area (Å²) in [5.74, 6) is 0.467. The highest BCUT2D eigenvalue weighted by molar-refractivity contribution is 8.00. The number of amides is 2. The first kappa shape index (κ1) is 23.4. The smallest absolute Gasteiger partial charge is 0.255 e. The fourth-order valence-electron chi connectivity index (χ4n) is 3.35. The van der Waals surface area contributed by atoms with E-state index in [1.165, 1.54) is 11.8 Å². The van der Waals surface area contributed by atoms with Gasteiger partial charge in [0.25, 0.3) is 5.91 Å². The number of anilines is 2. The maximum Gasteiger partial charge on any atom is 0.255 e. The lowest BCUT2D eigenvalue weighted by molar-refractivity contribution is -0.115. The molecule has 6 heteroatoms. The SMILES string of the molecule is CCC(Sc1cccc(NC(=O)c2ccc(OC)cc2)c1)C(=O)Nc1cc(C)cc(C)c1. The molecule has 0 saturated carbocycles. The van der Waals surface area contributed by atoms with Crippen LogP contribution >= 0.6 is 11.8 Å². The Morgan fingerprint density at radius 2 is 1.59 bits per heavy atom. The molecular weight excluding hydrogens is 420 g/mol. The third kappa shape index (κ3) is 6.37. The number of hydrogen-bond acceptors (Lipinski definition) is 4. The van der Waals surface area contributed by atoms with Gasteiger partial charge in [0.15, 0.2) is 0 Å². The standard InChI is InChI=1S/C26H28N2O3S/c1-5-24(26(30)28-21-14-17(2)13-18(3)15-21)32-23-8-6-7-20(16-23)27-25(29)19-9-11-22(31-4)12-10-19/h6-16,24H,5H2,1-4H3,(H,27,29)(H,28,30). The Kier molecular flexibility index (Phi) is 7.95. The van der Waals surface area contributed by atoms with E-state index >= 15 is 0 Å². The lowest BCUT2D eigenvalue weighted by Crippen LogP contribution is -2.24. The lowest BCUT2D eigenvalue weighted by atomic mass is 10.1. The second kappa shape index (κ2) is 10.9. The van der Waals surface area contributed by atoms with Gasteiger partial charge in [-0.1, -0.05) is 19.1 Å². The van der Waals surface area contributed by atoms with Crippen LogP contribution < -0.4 is 15.4 Å². The first-order valence-corrected chi connectivity index (χ1v) is 11.4. The average molecular weight is 449 g/mol. The summed E-state index contributed by atoms with van der Waals surface area (Å²) < 4.78 is 5.13. The van der Waals surface area contributed by atoms with Crippen LogP contribution in [0.3, 0.4) is 0 Å². The Hall–Kier alpha value is -3.25. The number of carbonyl (C=O) groups is 2. The first-order chi connectivity index (χ1) is 15.4. The molecule has 3 rings (SSSR count). The summed E-state index contributed by atoms with van der Waals surface area (Å²) in [6, 6.07) is 20.5. The largest absolute Gasteiger partial charge is 0.497 e. The van der Waals surface area contributed by atoms with E-state index in [0.717, 1.165) is 21.7 Å². The Labute approximate surface area is 193 Å². The summed E-state index contributed by atoms with van der Waals surface area (Å²) in [5, 5.41) is 5.70. The van der Waals surface area contributed by atoms with Gasteiger partial charge in [-0.2, -0.15) is 0 Å². The molecule has 0 radical (unpaired) electrons. The van der Waals surface area contributed by atoms with Crippen LogP contribution in [0.4, 0.5) is 11.4 Å². The van der Waals surface area contributed by atoms with Gasteiger partial charge in [0.2, 0.25) is 5.91 Å². The van der Waals surface area contributed by atoms with E-state index in [0.29, 0.717) is 23.4 Å². The summed E-state index contributed by atoms with van der Waals surface area (Å²) in [6.45, 7) is 6.02. The molecule has 3 aromatic carbocycles. The molecule has 0 heterocycles. The van der Waals surface area contributed by atoms with Gasteiger partial charge in [-0.05, 0) is 86.0 Å². The minimum atomic E-state index is -0.247. The van der Waals surface area contributed by atoms with Crippen LogP contribution in [0.15, 0.2) is 71.6 Å². The quantitative estimate of drug-likeness (QED) is 0.410. The van der Waals surface area contributed by atoms with Gasteiger partial charge in [0, 0.05) is 21.8 Å². The molecular formula is C26H28N2O3S. The van der Waals surface area contributed by atoms with Crippen molar-refractivity contribution in [2.75, 3.05) is 17.7 Å². The van der Waals surface area contributed by atoms with Gasteiger partial charge in [-0.3, -0.25) is 9.59 Å². The molecule has 2 N–H and O–H groups in total. The third-order valence-corrected chi connectivity index (χ3v) is 6.23. The lowest BCUT2D eigenvalue weighted by Gasteiger charge is -2.16.